The van der Waals surface area contributed by atoms with Crippen LogP contribution in [0.1, 0.15) is 30.9 Å². The molecule has 0 aliphatic carbocycles. The van der Waals surface area contributed by atoms with E-state index in [1.807, 2.05) is 32.0 Å². The van der Waals surface area contributed by atoms with Crippen LogP contribution in [-0.2, 0) is 4.79 Å². The number of piperidine rings is 1. The largest absolute Gasteiger partial charge is 0.484 e. The molecule has 1 unspecified atom stereocenters. The SMILES string of the molecule is Cc1ccc(OCC(=O)NCC(O)CN2CCC(C)CC2)cc1C. The topological polar surface area (TPSA) is 61.8 Å². The molecular weight excluding hydrogens is 304 g/mol. The van der Waals surface area contributed by atoms with Crippen LogP contribution in [0.5, 0.6) is 5.75 Å². The normalized spacial score (nSPS) is 17.5. The van der Waals surface area contributed by atoms with Crippen molar-refractivity contribution in [2.45, 2.75) is 39.7 Å². The Morgan fingerprint density at radius 3 is 2.71 bits per heavy atom. The summed E-state index contributed by atoms with van der Waals surface area (Å²) in [4.78, 5) is 14.1. The van der Waals surface area contributed by atoms with Crippen LogP contribution in [0.15, 0.2) is 18.2 Å². The molecule has 1 saturated heterocycles. The van der Waals surface area contributed by atoms with Crippen molar-refractivity contribution < 1.29 is 14.6 Å². The van der Waals surface area contributed by atoms with Gasteiger partial charge in [-0.25, -0.2) is 0 Å². The number of aliphatic hydroxyl groups excluding tert-OH is 1. The smallest absolute Gasteiger partial charge is 0.258 e. The summed E-state index contributed by atoms with van der Waals surface area (Å²) in [5.74, 6) is 1.26. The van der Waals surface area contributed by atoms with Crippen LogP contribution >= 0.6 is 0 Å². The number of amides is 1. The fraction of sp³-hybridized carbons (Fsp3) is 0.632. The average molecular weight is 334 g/mol. The van der Waals surface area contributed by atoms with Gasteiger partial charge in [0.1, 0.15) is 5.75 Å². The van der Waals surface area contributed by atoms with Crippen molar-refractivity contribution in [3.05, 3.63) is 29.3 Å². The second-order valence-electron chi connectivity index (χ2n) is 6.98. The highest BCUT2D eigenvalue weighted by molar-refractivity contribution is 5.77. The number of rotatable bonds is 7. The summed E-state index contributed by atoms with van der Waals surface area (Å²) < 4.78 is 5.49. The van der Waals surface area contributed by atoms with Crippen molar-refractivity contribution in [2.24, 2.45) is 5.92 Å². The van der Waals surface area contributed by atoms with Crippen molar-refractivity contribution >= 4 is 5.91 Å². The number of nitrogens with one attached hydrogen (secondary N) is 1. The molecule has 1 aromatic rings. The molecule has 1 fully saturated rings. The lowest BCUT2D eigenvalue weighted by Gasteiger charge is -2.31. The van der Waals surface area contributed by atoms with Crippen molar-refractivity contribution in [1.29, 1.82) is 0 Å². The number of carbonyl (C=O) groups is 1. The monoisotopic (exact) mass is 334 g/mol. The Labute approximate surface area is 145 Å². The molecule has 0 bridgehead atoms. The molecule has 1 heterocycles. The fourth-order valence-electron chi connectivity index (χ4n) is 2.84. The van der Waals surface area contributed by atoms with E-state index in [0.717, 1.165) is 24.6 Å². The first-order chi connectivity index (χ1) is 11.4. The van der Waals surface area contributed by atoms with E-state index < -0.39 is 6.10 Å². The van der Waals surface area contributed by atoms with Gasteiger partial charge in [0.25, 0.3) is 5.91 Å². The van der Waals surface area contributed by atoms with Gasteiger partial charge in [-0.3, -0.25) is 4.79 Å². The third-order valence-corrected chi connectivity index (χ3v) is 4.73. The van der Waals surface area contributed by atoms with Gasteiger partial charge in [0.05, 0.1) is 6.10 Å². The van der Waals surface area contributed by atoms with Crippen LogP contribution in [0, 0.1) is 19.8 Å². The molecule has 2 N–H and O–H groups in total. The van der Waals surface area contributed by atoms with Crippen molar-refractivity contribution in [3.63, 3.8) is 0 Å². The average Bonchev–Trinajstić information content (AvgIpc) is 2.56. The lowest BCUT2D eigenvalue weighted by Crippen LogP contribution is -2.43. The molecule has 24 heavy (non-hydrogen) atoms. The van der Waals surface area contributed by atoms with E-state index in [-0.39, 0.29) is 19.1 Å². The highest BCUT2D eigenvalue weighted by Gasteiger charge is 2.18. The number of hydrogen-bond acceptors (Lipinski definition) is 4. The van der Waals surface area contributed by atoms with E-state index >= 15 is 0 Å². The molecule has 5 heteroatoms. The molecule has 1 aromatic carbocycles. The standard InChI is InChI=1S/C19H30N2O3/c1-14-6-8-21(9-7-14)12-17(22)11-20-19(23)13-24-18-5-4-15(2)16(3)10-18/h4-5,10,14,17,22H,6-9,11-13H2,1-3H3,(H,20,23). The quantitative estimate of drug-likeness (QED) is 0.799. The maximum atomic E-state index is 11.8. The fourth-order valence-corrected chi connectivity index (χ4v) is 2.84. The number of nitrogens with zero attached hydrogens (tertiary/aromatic N) is 1. The molecule has 0 saturated carbocycles. The first-order valence-corrected chi connectivity index (χ1v) is 8.81. The highest BCUT2D eigenvalue weighted by Crippen LogP contribution is 2.17. The number of ether oxygens (including phenoxy) is 1. The zero-order chi connectivity index (χ0) is 17.5. The van der Waals surface area contributed by atoms with E-state index in [0.29, 0.717) is 12.3 Å². The van der Waals surface area contributed by atoms with Gasteiger partial charge in [-0.05, 0) is 69.0 Å². The molecule has 0 radical (unpaired) electrons. The van der Waals surface area contributed by atoms with Gasteiger partial charge in [-0.1, -0.05) is 13.0 Å². The number of β-amino-alcohol motifs (C(OH)–C–C–N with tert-alkyl or cyclic N) is 1. The van der Waals surface area contributed by atoms with Gasteiger partial charge < -0.3 is 20.1 Å². The van der Waals surface area contributed by atoms with Gasteiger partial charge in [0.15, 0.2) is 6.61 Å². The molecule has 0 aromatic heterocycles. The van der Waals surface area contributed by atoms with Crippen LogP contribution in [0.4, 0.5) is 0 Å². The number of carbonyl (C=O) groups excluding carboxylic acids is 1. The Morgan fingerprint density at radius 1 is 1.33 bits per heavy atom. The van der Waals surface area contributed by atoms with Gasteiger partial charge in [-0.2, -0.15) is 0 Å². The maximum Gasteiger partial charge on any atom is 0.258 e. The van der Waals surface area contributed by atoms with E-state index in [2.05, 4.69) is 17.1 Å². The Bertz CT molecular complexity index is 539. The predicted molar refractivity (Wildman–Crippen MR) is 95.3 cm³/mol. The summed E-state index contributed by atoms with van der Waals surface area (Å²) in [7, 11) is 0. The van der Waals surface area contributed by atoms with E-state index in [1.54, 1.807) is 0 Å². The maximum absolute atomic E-state index is 11.8. The van der Waals surface area contributed by atoms with Crippen molar-refractivity contribution in [1.82, 2.24) is 10.2 Å². The molecule has 0 spiro atoms. The zero-order valence-electron chi connectivity index (χ0n) is 15.0. The Hall–Kier alpha value is -1.59. The minimum Gasteiger partial charge on any atom is -0.484 e. The molecule has 1 atom stereocenters. The lowest BCUT2D eigenvalue weighted by atomic mass is 9.99. The minimum atomic E-state index is -0.538. The van der Waals surface area contributed by atoms with Gasteiger partial charge in [0.2, 0.25) is 0 Å². The third kappa shape index (κ3) is 6.13. The summed E-state index contributed by atoms with van der Waals surface area (Å²) in [5.41, 5.74) is 2.33. The molecule has 2 rings (SSSR count). The van der Waals surface area contributed by atoms with Crippen LogP contribution < -0.4 is 10.1 Å². The predicted octanol–water partition coefficient (Wildman–Crippen LogP) is 1.89. The van der Waals surface area contributed by atoms with Crippen LogP contribution in [0.2, 0.25) is 0 Å². The van der Waals surface area contributed by atoms with E-state index in [4.69, 9.17) is 4.74 Å². The van der Waals surface area contributed by atoms with Gasteiger partial charge in [0, 0.05) is 13.1 Å². The number of aliphatic hydroxyl groups is 1. The van der Waals surface area contributed by atoms with E-state index in [9.17, 15) is 9.90 Å². The first kappa shape index (κ1) is 18.7. The molecule has 1 amide bonds. The molecule has 134 valence electrons. The number of benzene rings is 1. The summed E-state index contributed by atoms with van der Waals surface area (Å²) in [6.07, 6.45) is 1.83. The number of likely N-dealkylation sites (tertiary alicyclic amines) is 1. The van der Waals surface area contributed by atoms with E-state index in [1.165, 1.54) is 18.4 Å². The Kier molecular flexibility index (Phi) is 7.06. The third-order valence-electron chi connectivity index (χ3n) is 4.73. The molecular formula is C19H30N2O3. The summed E-state index contributed by atoms with van der Waals surface area (Å²) in [6.45, 7) is 9.23. The second kappa shape index (κ2) is 9.04. The summed E-state index contributed by atoms with van der Waals surface area (Å²) in [5, 5.41) is 12.8. The lowest BCUT2D eigenvalue weighted by molar-refractivity contribution is -0.123. The van der Waals surface area contributed by atoms with Gasteiger partial charge >= 0.3 is 0 Å². The van der Waals surface area contributed by atoms with Crippen LogP contribution in [-0.4, -0.2) is 54.8 Å². The zero-order valence-corrected chi connectivity index (χ0v) is 15.0. The summed E-state index contributed by atoms with van der Waals surface area (Å²) >= 11 is 0. The first-order valence-electron chi connectivity index (χ1n) is 8.81. The molecule has 5 nitrogen and oxygen atoms in total. The number of hydrogen-bond donors (Lipinski definition) is 2. The van der Waals surface area contributed by atoms with Crippen LogP contribution in [0.25, 0.3) is 0 Å². The minimum absolute atomic E-state index is 0.0313. The summed E-state index contributed by atoms with van der Waals surface area (Å²) in [6, 6.07) is 5.77. The Balaban J connectivity index is 1.64. The van der Waals surface area contributed by atoms with Crippen LogP contribution in [0.3, 0.4) is 0 Å². The highest BCUT2D eigenvalue weighted by atomic mass is 16.5. The Morgan fingerprint density at radius 2 is 2.04 bits per heavy atom. The van der Waals surface area contributed by atoms with Crippen molar-refractivity contribution in [3.8, 4) is 5.75 Å². The molecule has 1 aliphatic rings. The van der Waals surface area contributed by atoms with Crippen molar-refractivity contribution in [2.75, 3.05) is 32.8 Å². The van der Waals surface area contributed by atoms with Gasteiger partial charge in [-0.15, -0.1) is 0 Å². The molecule has 1 aliphatic heterocycles. The number of aryl methyl sites for hydroxylation is 2. The second-order valence-corrected chi connectivity index (χ2v) is 6.98.